The number of carbonyl (C=O) groups is 1. The molecule has 0 spiro atoms. The van der Waals surface area contributed by atoms with Crippen LogP contribution in [0.4, 0.5) is 0 Å². The monoisotopic (exact) mass is 460 g/mol. The number of aromatic carboxylic acids is 1. The third kappa shape index (κ3) is 4.47. The van der Waals surface area contributed by atoms with E-state index >= 15 is 0 Å². The average molecular weight is 461 g/mol. The second-order valence-corrected chi connectivity index (χ2v) is 8.79. The molecule has 0 saturated heterocycles. The van der Waals surface area contributed by atoms with Crippen LogP contribution >= 0.6 is 0 Å². The van der Waals surface area contributed by atoms with Crippen molar-refractivity contribution in [3.05, 3.63) is 71.3 Å². The molecule has 9 heteroatoms. The van der Waals surface area contributed by atoms with Crippen LogP contribution in [0.1, 0.15) is 54.8 Å². The molecule has 4 rings (SSSR count). The number of hydrogen-bond donors (Lipinski definition) is 2. The normalized spacial score (nSPS) is 11.7. The first kappa shape index (κ1) is 23.3. The van der Waals surface area contributed by atoms with Crippen molar-refractivity contribution < 1.29 is 15.0 Å². The van der Waals surface area contributed by atoms with Crippen molar-refractivity contribution >= 4 is 5.97 Å². The first-order valence-corrected chi connectivity index (χ1v) is 11.2. The summed E-state index contributed by atoms with van der Waals surface area (Å²) in [6.07, 6.45) is 1.43. The molecule has 9 nitrogen and oxygen atoms in total. The van der Waals surface area contributed by atoms with E-state index in [-0.39, 0.29) is 11.4 Å². The fraction of sp³-hybridized carbons (Fsp3) is 0.320. The fourth-order valence-corrected chi connectivity index (χ4v) is 4.09. The summed E-state index contributed by atoms with van der Waals surface area (Å²) >= 11 is 0. The van der Waals surface area contributed by atoms with Gasteiger partial charge in [-0.25, -0.2) is 14.5 Å². The van der Waals surface area contributed by atoms with Gasteiger partial charge in [-0.2, -0.15) is 0 Å². The summed E-state index contributed by atoms with van der Waals surface area (Å²) in [5, 5.41) is 32.3. The number of aliphatic hydroxyl groups is 1. The van der Waals surface area contributed by atoms with Gasteiger partial charge in [-0.15, -0.1) is 5.10 Å². The summed E-state index contributed by atoms with van der Waals surface area (Å²) in [6.45, 7) is 5.47. The second-order valence-electron chi connectivity index (χ2n) is 8.79. The Morgan fingerprint density at radius 3 is 2.29 bits per heavy atom. The quantitative estimate of drug-likeness (QED) is 0.412. The molecule has 0 amide bonds. The molecule has 0 unspecified atom stereocenters. The maximum Gasteiger partial charge on any atom is 0.354 e. The van der Waals surface area contributed by atoms with E-state index in [4.69, 9.17) is 0 Å². The maximum absolute atomic E-state index is 12.1. The lowest BCUT2D eigenvalue weighted by Gasteiger charge is -2.16. The zero-order valence-corrected chi connectivity index (χ0v) is 19.7. The van der Waals surface area contributed by atoms with Gasteiger partial charge in [0.25, 0.3) is 0 Å². The summed E-state index contributed by atoms with van der Waals surface area (Å²) in [5.74, 6) is 0.226. The molecule has 176 valence electrons. The Morgan fingerprint density at radius 2 is 1.74 bits per heavy atom. The molecule has 0 aliphatic rings. The molecule has 2 N–H and O–H groups in total. The van der Waals surface area contributed by atoms with E-state index in [0.29, 0.717) is 24.6 Å². The number of hydrogen-bond acceptors (Lipinski definition) is 6. The highest BCUT2D eigenvalue weighted by Crippen LogP contribution is 2.31. The minimum absolute atomic E-state index is 0.0279. The minimum atomic E-state index is -1.36. The Kier molecular flexibility index (Phi) is 6.30. The first-order valence-electron chi connectivity index (χ1n) is 11.2. The summed E-state index contributed by atoms with van der Waals surface area (Å²) in [6, 6.07) is 15.9. The van der Waals surface area contributed by atoms with E-state index in [0.717, 1.165) is 28.7 Å². The topological polar surface area (TPSA) is 119 Å². The molecular weight excluding hydrogens is 432 g/mol. The highest BCUT2D eigenvalue weighted by Gasteiger charge is 2.31. The van der Waals surface area contributed by atoms with Gasteiger partial charge >= 0.3 is 5.97 Å². The molecule has 0 bridgehead atoms. The zero-order chi connectivity index (χ0) is 24.5. The average Bonchev–Trinajstić information content (AvgIpc) is 3.38. The van der Waals surface area contributed by atoms with Gasteiger partial charge in [-0.05, 0) is 47.4 Å². The van der Waals surface area contributed by atoms with E-state index in [9.17, 15) is 15.0 Å². The number of carboxylic acids is 1. The molecule has 0 aliphatic heterocycles. The first-order chi connectivity index (χ1) is 16.2. The SMILES string of the molecule is CCCc1nc(C(C)(C)O)c(C(=O)O)n1Cc1ccc(-c2ccccc2-c2nnnn2C)cc1. The van der Waals surface area contributed by atoms with Crippen LogP contribution in [0.2, 0.25) is 0 Å². The van der Waals surface area contributed by atoms with Gasteiger partial charge in [0.1, 0.15) is 17.1 Å². The van der Waals surface area contributed by atoms with Crippen molar-refractivity contribution in [2.75, 3.05) is 0 Å². The molecule has 4 aromatic rings. The largest absolute Gasteiger partial charge is 0.477 e. The number of aromatic nitrogens is 6. The van der Waals surface area contributed by atoms with Crippen LogP contribution in [-0.2, 0) is 25.6 Å². The molecule has 2 aromatic heterocycles. The van der Waals surface area contributed by atoms with Gasteiger partial charge in [-0.3, -0.25) is 0 Å². The maximum atomic E-state index is 12.1. The molecule has 0 aliphatic carbocycles. The molecule has 2 heterocycles. The molecule has 2 aromatic carbocycles. The molecule has 0 radical (unpaired) electrons. The van der Waals surface area contributed by atoms with E-state index < -0.39 is 11.6 Å². The molecule has 0 fully saturated rings. The summed E-state index contributed by atoms with van der Waals surface area (Å²) in [7, 11) is 1.80. The molecular formula is C25H28N6O3. The van der Waals surface area contributed by atoms with Crippen LogP contribution in [0.25, 0.3) is 22.5 Å². The van der Waals surface area contributed by atoms with Crippen molar-refractivity contribution in [3.63, 3.8) is 0 Å². The Hall–Kier alpha value is -3.85. The molecule has 0 saturated carbocycles. The second kappa shape index (κ2) is 9.18. The number of aryl methyl sites for hydroxylation is 2. The van der Waals surface area contributed by atoms with Gasteiger partial charge in [0.15, 0.2) is 11.5 Å². The third-order valence-electron chi connectivity index (χ3n) is 5.70. The third-order valence-corrected chi connectivity index (χ3v) is 5.70. The Balaban J connectivity index is 1.71. The predicted molar refractivity (Wildman–Crippen MR) is 127 cm³/mol. The smallest absolute Gasteiger partial charge is 0.354 e. The number of rotatable bonds is 8. The molecule has 34 heavy (non-hydrogen) atoms. The summed E-state index contributed by atoms with van der Waals surface area (Å²) < 4.78 is 3.34. The van der Waals surface area contributed by atoms with Crippen molar-refractivity contribution in [3.8, 4) is 22.5 Å². The number of tetrazole rings is 1. The van der Waals surface area contributed by atoms with Crippen LogP contribution in [0.5, 0.6) is 0 Å². The van der Waals surface area contributed by atoms with Crippen molar-refractivity contribution in [2.24, 2.45) is 7.05 Å². The highest BCUT2D eigenvalue weighted by molar-refractivity contribution is 5.87. The standard InChI is InChI=1S/C25H28N6O3/c1-5-8-20-26-22(25(2,3)34)21(24(32)33)31(20)15-16-11-13-17(14-12-16)18-9-6-7-10-19(18)23-27-28-29-30(23)4/h6-7,9-14,34H,5,8,15H2,1-4H3,(H,32,33). The van der Waals surface area contributed by atoms with Crippen molar-refractivity contribution in [1.82, 2.24) is 29.8 Å². The number of nitrogens with zero attached hydrogens (tertiary/aromatic N) is 6. The lowest BCUT2D eigenvalue weighted by Crippen LogP contribution is -2.22. The summed E-state index contributed by atoms with van der Waals surface area (Å²) in [4.78, 5) is 16.6. The van der Waals surface area contributed by atoms with Crippen LogP contribution in [0.3, 0.4) is 0 Å². The van der Waals surface area contributed by atoms with Gasteiger partial charge in [-0.1, -0.05) is 55.5 Å². The highest BCUT2D eigenvalue weighted by atomic mass is 16.4. The van der Waals surface area contributed by atoms with E-state index in [2.05, 4.69) is 20.5 Å². The van der Waals surface area contributed by atoms with E-state index in [1.807, 2.05) is 55.5 Å². The van der Waals surface area contributed by atoms with Crippen LogP contribution in [0.15, 0.2) is 48.5 Å². The fourth-order valence-electron chi connectivity index (χ4n) is 4.09. The number of carboxylic acid groups (broad SMARTS) is 1. The van der Waals surface area contributed by atoms with Crippen molar-refractivity contribution in [2.45, 2.75) is 45.8 Å². The Labute approximate surface area is 197 Å². The summed E-state index contributed by atoms with van der Waals surface area (Å²) in [5.41, 5.74) is 2.70. The lowest BCUT2D eigenvalue weighted by atomic mass is 9.98. The van der Waals surface area contributed by atoms with Gasteiger partial charge < -0.3 is 14.8 Å². The lowest BCUT2D eigenvalue weighted by molar-refractivity contribution is 0.0602. The van der Waals surface area contributed by atoms with E-state index in [1.54, 1.807) is 30.1 Å². The Bertz CT molecular complexity index is 1320. The molecule has 0 atom stereocenters. The number of imidazole rings is 1. The number of benzene rings is 2. The Morgan fingerprint density at radius 1 is 1.06 bits per heavy atom. The predicted octanol–water partition coefficient (Wildman–Crippen LogP) is 3.67. The van der Waals surface area contributed by atoms with Crippen LogP contribution in [-0.4, -0.2) is 45.9 Å². The zero-order valence-electron chi connectivity index (χ0n) is 19.7. The van der Waals surface area contributed by atoms with Gasteiger partial charge in [0.2, 0.25) is 0 Å². The van der Waals surface area contributed by atoms with Crippen LogP contribution in [0, 0.1) is 0 Å². The van der Waals surface area contributed by atoms with Gasteiger partial charge in [0.05, 0.1) is 0 Å². The van der Waals surface area contributed by atoms with Crippen molar-refractivity contribution in [1.29, 1.82) is 0 Å². The van der Waals surface area contributed by atoms with Crippen LogP contribution < -0.4 is 0 Å². The minimum Gasteiger partial charge on any atom is -0.477 e. The van der Waals surface area contributed by atoms with E-state index in [1.165, 1.54) is 0 Å². The van der Waals surface area contributed by atoms with Gasteiger partial charge in [0, 0.05) is 25.6 Å².